The topological polar surface area (TPSA) is 78.0 Å². The monoisotopic (exact) mass is 303 g/mol. The first-order valence-electron chi connectivity index (χ1n) is 5.75. The van der Waals surface area contributed by atoms with Gasteiger partial charge in [-0.15, -0.1) is 0 Å². The predicted octanol–water partition coefficient (Wildman–Crippen LogP) is 1.74. The first-order valence-corrected chi connectivity index (χ1v) is 6.54. The van der Waals surface area contributed by atoms with Crippen molar-refractivity contribution in [1.29, 1.82) is 0 Å². The van der Waals surface area contributed by atoms with Crippen molar-refractivity contribution >= 4 is 21.7 Å². The molecule has 0 bridgehead atoms. The first kappa shape index (κ1) is 14.2. The summed E-state index contributed by atoms with van der Waals surface area (Å²) in [5.41, 5.74) is -0.237. The first-order chi connectivity index (χ1) is 8.10. The maximum absolute atomic E-state index is 11.3. The van der Waals surface area contributed by atoms with E-state index in [1.165, 1.54) is 6.33 Å². The van der Waals surface area contributed by atoms with Crippen molar-refractivity contribution < 1.29 is 5.11 Å². The largest absolute Gasteiger partial charge is 0.391 e. The third kappa shape index (κ3) is 3.81. The molecule has 5 nitrogen and oxygen atoms in total. The number of nitrogens with one attached hydrogen (secondary N) is 2. The van der Waals surface area contributed by atoms with Gasteiger partial charge in [0.15, 0.2) is 0 Å². The number of hydrogen-bond acceptors (Lipinski definition) is 4. The Labute approximate surface area is 109 Å². The van der Waals surface area contributed by atoms with Crippen molar-refractivity contribution in [3.63, 3.8) is 0 Å². The lowest BCUT2D eigenvalue weighted by Crippen LogP contribution is -2.28. The highest BCUT2D eigenvalue weighted by Gasteiger charge is 2.16. The number of anilines is 1. The van der Waals surface area contributed by atoms with Crippen LogP contribution in [0.25, 0.3) is 0 Å². The summed E-state index contributed by atoms with van der Waals surface area (Å²) >= 11 is 3.15. The summed E-state index contributed by atoms with van der Waals surface area (Å²) in [6.07, 6.45) is 2.77. The third-order valence-electron chi connectivity index (χ3n) is 2.87. The summed E-state index contributed by atoms with van der Waals surface area (Å²) in [6, 6.07) is 0. The zero-order valence-corrected chi connectivity index (χ0v) is 11.6. The minimum absolute atomic E-state index is 0.237. The lowest BCUT2D eigenvalue weighted by Gasteiger charge is -2.20. The highest BCUT2D eigenvalue weighted by Crippen LogP contribution is 2.16. The van der Waals surface area contributed by atoms with E-state index in [-0.39, 0.29) is 11.5 Å². The quantitative estimate of drug-likeness (QED) is 0.748. The number of nitrogens with zero attached hydrogens (tertiary/aromatic N) is 1. The van der Waals surface area contributed by atoms with Crippen molar-refractivity contribution in [1.82, 2.24) is 9.97 Å². The van der Waals surface area contributed by atoms with E-state index in [1.807, 2.05) is 0 Å². The molecule has 6 heteroatoms. The molecule has 0 aliphatic heterocycles. The Hall–Kier alpha value is -0.880. The van der Waals surface area contributed by atoms with Crippen LogP contribution in [0.3, 0.4) is 0 Å². The van der Waals surface area contributed by atoms with Gasteiger partial charge in [0.1, 0.15) is 10.3 Å². The second-order valence-electron chi connectivity index (χ2n) is 3.92. The molecule has 1 rings (SSSR count). The Kier molecular flexibility index (Phi) is 5.64. The van der Waals surface area contributed by atoms with E-state index >= 15 is 0 Å². The van der Waals surface area contributed by atoms with Crippen molar-refractivity contribution in [2.75, 3.05) is 11.9 Å². The molecule has 0 saturated carbocycles. The van der Waals surface area contributed by atoms with E-state index in [0.29, 0.717) is 16.8 Å². The molecule has 1 aromatic heterocycles. The molecule has 1 atom stereocenters. The van der Waals surface area contributed by atoms with Crippen molar-refractivity contribution in [2.45, 2.75) is 32.8 Å². The van der Waals surface area contributed by atoms with E-state index in [0.717, 1.165) is 12.8 Å². The average Bonchev–Trinajstić information content (AvgIpc) is 2.32. The van der Waals surface area contributed by atoms with Crippen molar-refractivity contribution in [3.05, 3.63) is 21.2 Å². The van der Waals surface area contributed by atoms with Gasteiger partial charge in [0.2, 0.25) is 0 Å². The second kappa shape index (κ2) is 6.76. The Morgan fingerprint density at radius 2 is 2.18 bits per heavy atom. The number of H-pyrrole nitrogens is 1. The molecule has 1 unspecified atom stereocenters. The van der Waals surface area contributed by atoms with Gasteiger partial charge in [-0.05, 0) is 21.8 Å². The molecule has 0 spiro atoms. The number of hydrogen-bond donors (Lipinski definition) is 3. The molecule has 0 aromatic carbocycles. The van der Waals surface area contributed by atoms with E-state index < -0.39 is 6.10 Å². The van der Waals surface area contributed by atoms with Gasteiger partial charge in [0.25, 0.3) is 5.56 Å². The summed E-state index contributed by atoms with van der Waals surface area (Å²) in [4.78, 5) is 17.7. The van der Waals surface area contributed by atoms with Gasteiger partial charge in [-0.3, -0.25) is 4.79 Å². The fourth-order valence-electron chi connectivity index (χ4n) is 1.71. The number of aromatic nitrogens is 2. The zero-order valence-electron chi connectivity index (χ0n) is 10.0. The molecule has 3 N–H and O–H groups in total. The molecule has 0 aliphatic carbocycles. The molecule has 17 heavy (non-hydrogen) atoms. The second-order valence-corrected chi connectivity index (χ2v) is 4.71. The zero-order chi connectivity index (χ0) is 12.8. The third-order valence-corrected chi connectivity index (χ3v) is 3.60. The van der Waals surface area contributed by atoms with Gasteiger partial charge in [-0.1, -0.05) is 26.7 Å². The highest BCUT2D eigenvalue weighted by molar-refractivity contribution is 9.10. The summed E-state index contributed by atoms with van der Waals surface area (Å²) in [7, 11) is 0. The molecule has 0 saturated heterocycles. The van der Waals surface area contributed by atoms with Crippen LogP contribution < -0.4 is 10.9 Å². The van der Waals surface area contributed by atoms with Crippen LogP contribution in [0.2, 0.25) is 0 Å². The van der Waals surface area contributed by atoms with Crippen LogP contribution in [0, 0.1) is 5.92 Å². The molecule has 0 aliphatic rings. The molecular formula is C11H18BrN3O2. The number of halogens is 1. The van der Waals surface area contributed by atoms with Gasteiger partial charge in [-0.2, -0.15) is 0 Å². The van der Waals surface area contributed by atoms with E-state index in [9.17, 15) is 9.90 Å². The fourth-order valence-corrected chi connectivity index (χ4v) is 2.06. The van der Waals surface area contributed by atoms with Crippen LogP contribution in [-0.4, -0.2) is 27.7 Å². The fraction of sp³-hybridized carbons (Fsp3) is 0.636. The molecule has 0 radical (unpaired) electrons. The molecule has 0 amide bonds. The van der Waals surface area contributed by atoms with Crippen molar-refractivity contribution in [3.8, 4) is 0 Å². The molecular weight excluding hydrogens is 286 g/mol. The summed E-state index contributed by atoms with van der Waals surface area (Å²) in [5.74, 6) is 0.724. The van der Waals surface area contributed by atoms with Crippen LogP contribution in [0.15, 0.2) is 15.6 Å². The summed E-state index contributed by atoms with van der Waals surface area (Å²) in [6.45, 7) is 4.50. The minimum atomic E-state index is -0.432. The van der Waals surface area contributed by atoms with E-state index in [4.69, 9.17) is 0 Å². The molecule has 1 aromatic rings. The Bertz CT molecular complexity index is 404. The highest BCUT2D eigenvalue weighted by atomic mass is 79.9. The summed E-state index contributed by atoms with van der Waals surface area (Å²) in [5, 5.41) is 12.9. The van der Waals surface area contributed by atoms with E-state index in [1.54, 1.807) is 0 Å². The number of rotatable bonds is 6. The average molecular weight is 304 g/mol. The maximum Gasteiger partial charge on any atom is 0.267 e. The van der Waals surface area contributed by atoms with E-state index in [2.05, 4.69) is 45.1 Å². The number of aromatic amines is 1. The number of aliphatic hydroxyl groups excluding tert-OH is 1. The van der Waals surface area contributed by atoms with Crippen LogP contribution >= 0.6 is 15.9 Å². The Morgan fingerprint density at radius 3 is 2.76 bits per heavy atom. The predicted molar refractivity (Wildman–Crippen MR) is 71.1 cm³/mol. The van der Waals surface area contributed by atoms with Gasteiger partial charge in [0, 0.05) is 6.54 Å². The molecule has 1 heterocycles. The van der Waals surface area contributed by atoms with Gasteiger partial charge in [0.05, 0.1) is 12.4 Å². The lowest BCUT2D eigenvalue weighted by atomic mass is 9.97. The van der Waals surface area contributed by atoms with Crippen LogP contribution in [-0.2, 0) is 0 Å². The smallest absolute Gasteiger partial charge is 0.267 e. The SMILES string of the molecule is CCC(CC)C(O)CNc1nc[nH]c(=O)c1Br. The van der Waals surface area contributed by atoms with Crippen molar-refractivity contribution in [2.24, 2.45) is 5.92 Å². The Morgan fingerprint density at radius 1 is 1.53 bits per heavy atom. The van der Waals surface area contributed by atoms with Gasteiger partial charge in [-0.25, -0.2) is 4.98 Å². The minimum Gasteiger partial charge on any atom is -0.391 e. The van der Waals surface area contributed by atoms with Crippen LogP contribution in [0.4, 0.5) is 5.82 Å². The Balaban J connectivity index is 2.61. The van der Waals surface area contributed by atoms with Gasteiger partial charge < -0.3 is 15.4 Å². The summed E-state index contributed by atoms with van der Waals surface area (Å²) < 4.78 is 0.358. The molecule has 0 fully saturated rings. The van der Waals surface area contributed by atoms with Crippen LogP contribution in [0.5, 0.6) is 0 Å². The lowest BCUT2D eigenvalue weighted by molar-refractivity contribution is 0.114. The molecule has 96 valence electrons. The normalized spacial score (nSPS) is 12.8. The number of aliphatic hydroxyl groups is 1. The van der Waals surface area contributed by atoms with Gasteiger partial charge >= 0.3 is 0 Å². The standard InChI is InChI=1S/C11H18BrN3O2/c1-3-7(4-2)8(16)5-13-10-9(12)11(17)15-6-14-10/h6-8,16H,3-5H2,1-2H3,(H2,13,14,15,17). The maximum atomic E-state index is 11.3. The van der Waals surface area contributed by atoms with Crippen LogP contribution in [0.1, 0.15) is 26.7 Å².